The van der Waals surface area contributed by atoms with Crippen molar-refractivity contribution in [1.82, 2.24) is 0 Å². The van der Waals surface area contributed by atoms with Gasteiger partial charge in [0.15, 0.2) is 5.78 Å². The molecule has 5 nitrogen and oxygen atoms in total. The van der Waals surface area contributed by atoms with Gasteiger partial charge in [0, 0.05) is 20.0 Å². The Morgan fingerprint density at radius 2 is 1.89 bits per heavy atom. The fourth-order valence-corrected chi connectivity index (χ4v) is 4.51. The summed E-state index contributed by atoms with van der Waals surface area (Å²) in [6.07, 6.45) is 4.22. The van der Waals surface area contributed by atoms with Crippen LogP contribution in [0.5, 0.6) is 0 Å². The fraction of sp³-hybridized carbons (Fsp3) is 0.565. The monoisotopic (exact) mass is 386 g/mol. The maximum Gasteiger partial charge on any atom is 0.513 e. The lowest BCUT2D eigenvalue weighted by Gasteiger charge is -2.42. The molecule has 2 aliphatic rings. The summed E-state index contributed by atoms with van der Waals surface area (Å²) >= 11 is 0. The van der Waals surface area contributed by atoms with Crippen LogP contribution >= 0.6 is 0 Å². The summed E-state index contributed by atoms with van der Waals surface area (Å²) < 4.78 is 16.1. The average Bonchev–Trinajstić information content (AvgIpc) is 2.65. The molecule has 0 aliphatic heterocycles. The first-order valence-corrected chi connectivity index (χ1v) is 10.1. The average molecular weight is 386 g/mol. The van der Waals surface area contributed by atoms with Gasteiger partial charge in [-0.2, -0.15) is 0 Å². The molecule has 0 radical (unpaired) electrons. The van der Waals surface area contributed by atoms with Crippen molar-refractivity contribution in [3.63, 3.8) is 0 Å². The molecule has 5 heteroatoms. The van der Waals surface area contributed by atoms with Crippen molar-refractivity contribution in [2.45, 2.75) is 65.4 Å². The highest BCUT2D eigenvalue weighted by molar-refractivity contribution is 6.22. The molecule has 0 aromatic heterocycles. The Kier molecular flexibility index (Phi) is 6.23. The third kappa shape index (κ3) is 4.30. The van der Waals surface area contributed by atoms with Crippen LogP contribution in [-0.4, -0.2) is 31.8 Å². The molecule has 28 heavy (non-hydrogen) atoms. The van der Waals surface area contributed by atoms with E-state index in [1.807, 2.05) is 32.0 Å². The molecule has 152 valence electrons. The Labute approximate surface area is 167 Å². The van der Waals surface area contributed by atoms with Crippen molar-refractivity contribution in [3.8, 4) is 0 Å². The van der Waals surface area contributed by atoms with Gasteiger partial charge in [-0.1, -0.05) is 23.8 Å². The number of ether oxygens (including phenoxy) is 3. The Morgan fingerprint density at radius 3 is 2.54 bits per heavy atom. The van der Waals surface area contributed by atoms with Crippen molar-refractivity contribution >= 4 is 17.5 Å². The maximum absolute atomic E-state index is 13.3. The smallest absolute Gasteiger partial charge is 0.434 e. The Balaban J connectivity index is 2.00. The summed E-state index contributed by atoms with van der Waals surface area (Å²) in [7, 11) is 1.74. The first-order valence-electron chi connectivity index (χ1n) is 10.1. The topological polar surface area (TPSA) is 61.8 Å². The minimum Gasteiger partial charge on any atom is -0.434 e. The summed E-state index contributed by atoms with van der Waals surface area (Å²) in [6.45, 7) is 5.95. The largest absolute Gasteiger partial charge is 0.513 e. The van der Waals surface area contributed by atoms with Crippen molar-refractivity contribution in [3.05, 3.63) is 40.6 Å². The zero-order chi connectivity index (χ0) is 20.3. The summed E-state index contributed by atoms with van der Waals surface area (Å²) in [4.78, 5) is 25.4. The molecular weight excluding hydrogens is 356 g/mol. The molecule has 0 unspecified atom stereocenters. The summed E-state index contributed by atoms with van der Waals surface area (Å²) in [5, 5.41) is 0. The van der Waals surface area contributed by atoms with Crippen LogP contribution in [0, 0.1) is 19.3 Å². The van der Waals surface area contributed by atoms with Crippen molar-refractivity contribution < 1.29 is 23.8 Å². The predicted molar refractivity (Wildman–Crippen MR) is 107 cm³/mol. The standard InChI is InChI=1S/C23H30O5/c1-5-27-22(25)28-20-14-23(10-8-17(26-4)9-11-23)13-19(24)21(20)18-12-15(2)6-7-16(18)3/h6-7,12,17H,5,8-11,13-14H2,1-4H3. The van der Waals surface area contributed by atoms with E-state index >= 15 is 0 Å². The number of carbonyl (C=O) groups excluding carboxylic acids is 2. The van der Waals surface area contributed by atoms with Crippen LogP contribution in [0.4, 0.5) is 4.79 Å². The second-order valence-corrected chi connectivity index (χ2v) is 8.11. The van der Waals surface area contributed by atoms with Crippen LogP contribution in [0.15, 0.2) is 24.0 Å². The van der Waals surface area contributed by atoms with Crippen LogP contribution < -0.4 is 0 Å². The molecule has 0 amide bonds. The molecule has 0 heterocycles. The summed E-state index contributed by atoms with van der Waals surface area (Å²) in [5.74, 6) is 0.509. The van der Waals surface area contributed by atoms with Gasteiger partial charge in [-0.05, 0) is 63.0 Å². The van der Waals surface area contributed by atoms with Gasteiger partial charge >= 0.3 is 6.16 Å². The van der Waals surface area contributed by atoms with Gasteiger partial charge in [0.2, 0.25) is 0 Å². The highest BCUT2D eigenvalue weighted by Crippen LogP contribution is 2.50. The van der Waals surface area contributed by atoms with Crippen LogP contribution in [-0.2, 0) is 19.0 Å². The van der Waals surface area contributed by atoms with Gasteiger partial charge in [-0.25, -0.2) is 4.79 Å². The predicted octanol–water partition coefficient (Wildman–Crippen LogP) is 5.13. The lowest BCUT2D eigenvalue weighted by Crippen LogP contribution is -2.37. The fourth-order valence-electron chi connectivity index (χ4n) is 4.51. The maximum atomic E-state index is 13.3. The minimum absolute atomic E-state index is 0.0510. The Hall–Kier alpha value is -2.14. The van der Waals surface area contributed by atoms with Gasteiger partial charge in [-0.3, -0.25) is 4.79 Å². The molecule has 0 N–H and O–H groups in total. The van der Waals surface area contributed by atoms with E-state index in [9.17, 15) is 9.59 Å². The normalized spacial score (nSPS) is 25.1. The molecule has 2 aliphatic carbocycles. The summed E-state index contributed by atoms with van der Waals surface area (Å²) in [6, 6.07) is 6.02. The van der Waals surface area contributed by atoms with Gasteiger partial charge < -0.3 is 14.2 Å². The van der Waals surface area contributed by atoms with E-state index in [2.05, 4.69) is 0 Å². The number of methoxy groups -OCH3 is 1. The van der Waals surface area contributed by atoms with E-state index in [4.69, 9.17) is 14.2 Å². The second kappa shape index (κ2) is 8.48. The van der Waals surface area contributed by atoms with E-state index in [-0.39, 0.29) is 23.9 Å². The molecule has 0 atom stereocenters. The van der Waals surface area contributed by atoms with Gasteiger partial charge in [0.05, 0.1) is 18.3 Å². The molecule has 1 fully saturated rings. The first kappa shape index (κ1) is 20.6. The SMILES string of the molecule is CCOC(=O)OC1=C(c2cc(C)ccc2C)C(=O)CC2(CCC(OC)CC2)C1. The molecule has 0 bridgehead atoms. The van der Waals surface area contributed by atoms with Crippen molar-refractivity contribution in [2.75, 3.05) is 13.7 Å². The molecule has 1 saturated carbocycles. The highest BCUT2D eigenvalue weighted by Gasteiger charge is 2.44. The van der Waals surface area contributed by atoms with Crippen LogP contribution in [0.25, 0.3) is 5.57 Å². The van der Waals surface area contributed by atoms with Crippen molar-refractivity contribution in [2.24, 2.45) is 5.41 Å². The summed E-state index contributed by atoms with van der Waals surface area (Å²) in [5.41, 5.74) is 3.29. The van der Waals surface area contributed by atoms with Gasteiger partial charge in [-0.15, -0.1) is 0 Å². The van der Waals surface area contributed by atoms with Crippen molar-refractivity contribution in [1.29, 1.82) is 0 Å². The quantitative estimate of drug-likeness (QED) is 0.672. The van der Waals surface area contributed by atoms with Crippen LogP contribution in [0.2, 0.25) is 0 Å². The number of Topliss-reactive ketones (excluding diaryl/α,β-unsaturated/α-hetero) is 1. The first-order chi connectivity index (χ1) is 13.4. The number of carbonyl (C=O) groups is 2. The van der Waals surface area contributed by atoms with E-state index in [0.717, 1.165) is 42.4 Å². The van der Waals surface area contributed by atoms with Crippen LogP contribution in [0.1, 0.15) is 62.1 Å². The number of ketones is 1. The van der Waals surface area contributed by atoms with E-state index in [0.29, 0.717) is 24.2 Å². The number of hydrogen-bond acceptors (Lipinski definition) is 5. The highest BCUT2D eigenvalue weighted by atomic mass is 16.7. The second-order valence-electron chi connectivity index (χ2n) is 8.11. The number of aryl methyl sites for hydroxylation is 2. The molecular formula is C23H30O5. The third-order valence-electron chi connectivity index (χ3n) is 6.09. The number of benzene rings is 1. The Morgan fingerprint density at radius 1 is 1.18 bits per heavy atom. The zero-order valence-electron chi connectivity index (χ0n) is 17.3. The molecule has 0 saturated heterocycles. The zero-order valence-corrected chi connectivity index (χ0v) is 17.3. The van der Waals surface area contributed by atoms with E-state index in [1.165, 1.54) is 0 Å². The number of rotatable bonds is 4. The molecule has 1 spiro atoms. The lowest BCUT2D eigenvalue weighted by atomic mass is 9.64. The molecule has 3 rings (SSSR count). The molecule has 1 aromatic rings. The minimum atomic E-state index is -0.740. The van der Waals surface area contributed by atoms with Gasteiger partial charge in [0.1, 0.15) is 5.76 Å². The lowest BCUT2D eigenvalue weighted by molar-refractivity contribution is -0.118. The number of hydrogen-bond donors (Lipinski definition) is 0. The third-order valence-corrected chi connectivity index (χ3v) is 6.09. The van der Waals surface area contributed by atoms with E-state index < -0.39 is 6.16 Å². The molecule has 1 aromatic carbocycles. The Bertz CT molecular complexity index is 784. The van der Waals surface area contributed by atoms with E-state index in [1.54, 1.807) is 14.0 Å². The van der Waals surface area contributed by atoms with Gasteiger partial charge in [0.25, 0.3) is 0 Å². The number of allylic oxidation sites excluding steroid dienone is 2. The van der Waals surface area contributed by atoms with Crippen LogP contribution in [0.3, 0.4) is 0 Å².